The number of aromatic amines is 1. The number of hydrogen-bond acceptors (Lipinski definition) is 6. The van der Waals surface area contributed by atoms with Gasteiger partial charge in [0.15, 0.2) is 0 Å². The van der Waals surface area contributed by atoms with Crippen LogP contribution in [0.5, 0.6) is 5.75 Å². The van der Waals surface area contributed by atoms with E-state index in [1.54, 1.807) is 0 Å². The lowest BCUT2D eigenvalue weighted by Crippen LogP contribution is -2.33. The fraction of sp³-hybridized carbons (Fsp3) is 0.400. The van der Waals surface area contributed by atoms with Crippen molar-refractivity contribution in [2.45, 2.75) is 20.5 Å². The average molecular weight is 256 g/mol. The molecule has 0 aliphatic rings. The van der Waals surface area contributed by atoms with Crippen LogP contribution in [0.3, 0.4) is 0 Å². The van der Waals surface area contributed by atoms with Crippen molar-refractivity contribution in [2.75, 3.05) is 0 Å². The van der Waals surface area contributed by atoms with Gasteiger partial charge in [0.1, 0.15) is 12.3 Å². The first-order chi connectivity index (χ1) is 8.32. The molecule has 0 fully saturated rings. The number of esters is 2. The fourth-order valence-electron chi connectivity index (χ4n) is 1.23. The van der Waals surface area contributed by atoms with Gasteiger partial charge in [0, 0.05) is 20.9 Å². The van der Waals surface area contributed by atoms with E-state index in [2.05, 4.69) is 0 Å². The van der Waals surface area contributed by atoms with Crippen molar-refractivity contribution in [2.24, 2.45) is 7.05 Å². The zero-order valence-electron chi connectivity index (χ0n) is 10.1. The number of H-pyrrole nitrogens is 1. The predicted molar refractivity (Wildman–Crippen MR) is 59.1 cm³/mol. The van der Waals surface area contributed by atoms with E-state index in [0.717, 1.165) is 11.5 Å². The monoisotopic (exact) mass is 256 g/mol. The van der Waals surface area contributed by atoms with Crippen LogP contribution in [0.25, 0.3) is 0 Å². The number of rotatable bonds is 3. The third kappa shape index (κ3) is 3.06. The van der Waals surface area contributed by atoms with E-state index in [4.69, 9.17) is 9.47 Å². The maximum atomic E-state index is 11.5. The highest BCUT2D eigenvalue weighted by atomic mass is 16.5. The molecule has 0 radical (unpaired) electrons. The van der Waals surface area contributed by atoms with Crippen LogP contribution in [0.4, 0.5) is 0 Å². The van der Waals surface area contributed by atoms with Gasteiger partial charge >= 0.3 is 17.6 Å². The molecule has 18 heavy (non-hydrogen) atoms. The van der Waals surface area contributed by atoms with E-state index in [-0.39, 0.29) is 18.1 Å². The van der Waals surface area contributed by atoms with Crippen molar-refractivity contribution in [1.82, 2.24) is 9.55 Å². The van der Waals surface area contributed by atoms with Crippen molar-refractivity contribution in [3.05, 3.63) is 26.5 Å². The van der Waals surface area contributed by atoms with Gasteiger partial charge in [-0.3, -0.25) is 23.9 Å². The molecule has 1 N–H and O–H groups in total. The lowest BCUT2D eigenvalue weighted by Gasteiger charge is -2.11. The second-order valence-electron chi connectivity index (χ2n) is 3.47. The fourth-order valence-corrected chi connectivity index (χ4v) is 1.23. The highest BCUT2D eigenvalue weighted by Crippen LogP contribution is 2.11. The first-order valence-corrected chi connectivity index (χ1v) is 4.97. The summed E-state index contributed by atoms with van der Waals surface area (Å²) in [5.74, 6) is -1.66. The van der Waals surface area contributed by atoms with Crippen molar-refractivity contribution < 1.29 is 19.1 Å². The molecule has 0 aromatic carbocycles. The van der Waals surface area contributed by atoms with Gasteiger partial charge in [-0.2, -0.15) is 0 Å². The summed E-state index contributed by atoms with van der Waals surface area (Å²) in [6.45, 7) is 1.95. The molecular formula is C10H12N2O6. The van der Waals surface area contributed by atoms with Crippen LogP contribution < -0.4 is 16.0 Å². The normalized spacial score (nSPS) is 9.94. The molecule has 1 aromatic heterocycles. The number of aromatic nitrogens is 2. The third-order valence-electron chi connectivity index (χ3n) is 2.06. The van der Waals surface area contributed by atoms with E-state index >= 15 is 0 Å². The van der Waals surface area contributed by atoms with Gasteiger partial charge in [-0.25, -0.2) is 4.79 Å². The smallest absolute Gasteiger partial charge is 0.328 e. The molecule has 0 aliphatic carbocycles. The largest absolute Gasteiger partial charge is 0.459 e. The number of ether oxygens (including phenoxy) is 2. The van der Waals surface area contributed by atoms with Gasteiger partial charge in [0.25, 0.3) is 5.56 Å². The minimum absolute atomic E-state index is 0.00847. The molecule has 8 nitrogen and oxygen atoms in total. The number of hydrogen-bond donors (Lipinski definition) is 1. The molecule has 0 bridgehead atoms. The minimum atomic E-state index is -0.851. The first kappa shape index (κ1) is 13.7. The van der Waals surface area contributed by atoms with Crippen LogP contribution in [-0.2, 0) is 28.0 Å². The number of nitrogens with one attached hydrogen (secondary N) is 1. The SMILES string of the molecule is CC(=O)OCc1c(OC(C)=O)c(=O)[nH]c(=O)n1C. The Labute approximate surface area is 101 Å². The highest BCUT2D eigenvalue weighted by Gasteiger charge is 2.17. The highest BCUT2D eigenvalue weighted by molar-refractivity contribution is 5.69. The van der Waals surface area contributed by atoms with E-state index in [0.29, 0.717) is 0 Å². The Morgan fingerprint density at radius 1 is 1.22 bits per heavy atom. The van der Waals surface area contributed by atoms with Crippen LogP contribution in [0.2, 0.25) is 0 Å². The van der Waals surface area contributed by atoms with Crippen molar-refractivity contribution in [1.29, 1.82) is 0 Å². The Morgan fingerprint density at radius 2 is 1.83 bits per heavy atom. The molecule has 0 aliphatic heterocycles. The van der Waals surface area contributed by atoms with Crippen LogP contribution in [-0.4, -0.2) is 21.5 Å². The Kier molecular flexibility index (Phi) is 4.03. The standard InChI is InChI=1S/C10H12N2O6/c1-5(13)17-4-7-8(18-6(2)14)9(15)11-10(16)12(7)3/h4H2,1-3H3,(H,11,15,16). The molecule has 8 heteroatoms. The molecule has 0 unspecified atom stereocenters. The van der Waals surface area contributed by atoms with Crippen LogP contribution in [0.1, 0.15) is 19.5 Å². The molecular weight excluding hydrogens is 244 g/mol. The summed E-state index contributed by atoms with van der Waals surface area (Å²) < 4.78 is 10.4. The van der Waals surface area contributed by atoms with Gasteiger partial charge < -0.3 is 9.47 Å². The molecule has 0 spiro atoms. The van der Waals surface area contributed by atoms with E-state index in [1.165, 1.54) is 14.0 Å². The predicted octanol–water partition coefficient (Wildman–Crippen LogP) is -0.938. The van der Waals surface area contributed by atoms with Crippen molar-refractivity contribution >= 4 is 11.9 Å². The zero-order chi connectivity index (χ0) is 13.9. The summed E-state index contributed by atoms with van der Waals surface area (Å²) in [6, 6.07) is 0. The summed E-state index contributed by atoms with van der Waals surface area (Å²) in [6.07, 6.45) is 0. The third-order valence-corrected chi connectivity index (χ3v) is 2.06. The second kappa shape index (κ2) is 5.30. The second-order valence-corrected chi connectivity index (χ2v) is 3.47. The van der Waals surface area contributed by atoms with Crippen molar-refractivity contribution in [3.63, 3.8) is 0 Å². The van der Waals surface area contributed by atoms with Gasteiger partial charge in [0.05, 0.1) is 0 Å². The number of nitrogens with zero attached hydrogens (tertiary/aromatic N) is 1. The Balaban J connectivity index is 3.33. The van der Waals surface area contributed by atoms with Crippen LogP contribution in [0.15, 0.2) is 9.59 Å². The minimum Gasteiger partial charge on any atom is -0.459 e. The van der Waals surface area contributed by atoms with E-state index in [1.807, 2.05) is 4.98 Å². The van der Waals surface area contributed by atoms with Gasteiger partial charge in [-0.05, 0) is 0 Å². The summed E-state index contributed by atoms with van der Waals surface area (Å²) in [4.78, 5) is 46.5. The summed E-state index contributed by atoms with van der Waals surface area (Å²) in [5.41, 5.74) is -1.54. The summed E-state index contributed by atoms with van der Waals surface area (Å²) >= 11 is 0. The topological polar surface area (TPSA) is 107 Å². The molecule has 0 saturated heterocycles. The van der Waals surface area contributed by atoms with E-state index < -0.39 is 23.2 Å². The van der Waals surface area contributed by atoms with Gasteiger partial charge in [0.2, 0.25) is 5.75 Å². The Morgan fingerprint density at radius 3 is 2.33 bits per heavy atom. The number of carbonyl (C=O) groups excluding carboxylic acids is 2. The van der Waals surface area contributed by atoms with Crippen LogP contribution >= 0.6 is 0 Å². The quantitative estimate of drug-likeness (QED) is 0.699. The molecule has 1 rings (SSSR count). The maximum absolute atomic E-state index is 11.5. The molecule has 1 aromatic rings. The molecule has 98 valence electrons. The summed E-state index contributed by atoms with van der Waals surface area (Å²) in [7, 11) is 1.35. The van der Waals surface area contributed by atoms with E-state index in [9.17, 15) is 19.2 Å². The Hall–Kier alpha value is -2.38. The average Bonchev–Trinajstić information content (AvgIpc) is 2.24. The Bertz CT molecular complexity index is 597. The maximum Gasteiger partial charge on any atom is 0.328 e. The molecule has 0 atom stereocenters. The zero-order valence-corrected chi connectivity index (χ0v) is 10.1. The lowest BCUT2D eigenvalue weighted by atomic mass is 10.3. The van der Waals surface area contributed by atoms with Gasteiger partial charge in [-0.1, -0.05) is 0 Å². The molecule has 0 saturated carbocycles. The lowest BCUT2D eigenvalue weighted by molar-refractivity contribution is -0.142. The molecule has 1 heterocycles. The molecule has 0 amide bonds. The van der Waals surface area contributed by atoms with Gasteiger partial charge in [-0.15, -0.1) is 0 Å². The number of carbonyl (C=O) groups is 2. The summed E-state index contributed by atoms with van der Waals surface area (Å²) in [5, 5.41) is 0. The van der Waals surface area contributed by atoms with Crippen molar-refractivity contribution in [3.8, 4) is 5.75 Å². The first-order valence-electron chi connectivity index (χ1n) is 4.97. The van der Waals surface area contributed by atoms with Crippen LogP contribution in [0, 0.1) is 0 Å².